The lowest BCUT2D eigenvalue weighted by molar-refractivity contribution is -0.114. The summed E-state index contributed by atoms with van der Waals surface area (Å²) in [4.78, 5) is 11.3. The zero-order valence-corrected chi connectivity index (χ0v) is 13.9. The van der Waals surface area contributed by atoms with E-state index in [4.69, 9.17) is 0 Å². The van der Waals surface area contributed by atoms with Crippen LogP contribution in [0.25, 0.3) is 0 Å². The van der Waals surface area contributed by atoms with Crippen LogP contribution in [-0.4, -0.2) is 16.1 Å². The average molecular weight is 336 g/mol. The van der Waals surface area contributed by atoms with E-state index in [1.807, 2.05) is 18.2 Å². The Morgan fingerprint density at radius 3 is 2.76 bits per heavy atom. The summed E-state index contributed by atoms with van der Waals surface area (Å²) in [5.41, 5.74) is 3.73. The van der Waals surface area contributed by atoms with Crippen LogP contribution >= 0.6 is 0 Å². The van der Waals surface area contributed by atoms with Crippen LogP contribution < -0.4 is 10.6 Å². The Morgan fingerprint density at radius 2 is 2.00 bits per heavy atom. The van der Waals surface area contributed by atoms with E-state index in [-0.39, 0.29) is 35.3 Å². The molecule has 0 fully saturated rings. The molecule has 5 nitrogen and oxygen atoms in total. The van der Waals surface area contributed by atoms with Gasteiger partial charge < -0.3 is 20.8 Å². The first-order valence-electron chi connectivity index (χ1n) is 8.39. The second-order valence-electron chi connectivity index (χ2n) is 6.70. The molecule has 2 aliphatic rings. The van der Waals surface area contributed by atoms with Crippen LogP contribution in [0.5, 0.6) is 11.5 Å². The molecule has 25 heavy (non-hydrogen) atoms. The van der Waals surface area contributed by atoms with Crippen LogP contribution in [0.1, 0.15) is 36.4 Å². The molecule has 4 N–H and O–H groups in total. The quantitative estimate of drug-likeness (QED) is 0.627. The van der Waals surface area contributed by atoms with Crippen LogP contribution in [0.15, 0.2) is 48.6 Å². The first-order chi connectivity index (χ1) is 12.0. The minimum absolute atomic E-state index is 0.0419. The van der Waals surface area contributed by atoms with Crippen molar-refractivity contribution in [1.82, 2.24) is 0 Å². The Labute approximate surface area is 146 Å². The molecule has 0 saturated heterocycles. The predicted octanol–water partition coefficient (Wildman–Crippen LogP) is 3.88. The molecule has 1 aliphatic heterocycles. The molecule has 0 radical (unpaired) electrons. The van der Waals surface area contributed by atoms with Gasteiger partial charge in [-0.2, -0.15) is 0 Å². The maximum Gasteiger partial charge on any atom is 0.221 e. The molecule has 2 aromatic rings. The summed E-state index contributed by atoms with van der Waals surface area (Å²) in [5.74, 6) is 0.563. The normalized spacial score (nSPS) is 23.5. The number of fused-ring (bicyclic) bond motifs is 3. The fourth-order valence-electron chi connectivity index (χ4n) is 3.98. The number of phenolic OH excluding ortho intramolecular Hbond substituents is 2. The molecule has 1 aliphatic carbocycles. The van der Waals surface area contributed by atoms with Crippen LogP contribution in [0, 0.1) is 5.92 Å². The van der Waals surface area contributed by atoms with Crippen molar-refractivity contribution in [2.45, 2.75) is 25.3 Å². The molecule has 0 bridgehead atoms. The van der Waals surface area contributed by atoms with Gasteiger partial charge in [-0.3, -0.25) is 4.79 Å². The zero-order valence-electron chi connectivity index (χ0n) is 13.9. The van der Waals surface area contributed by atoms with Crippen LogP contribution in [0.4, 0.5) is 11.4 Å². The predicted molar refractivity (Wildman–Crippen MR) is 96.9 cm³/mol. The molecule has 4 rings (SSSR count). The van der Waals surface area contributed by atoms with Crippen molar-refractivity contribution < 1.29 is 15.0 Å². The molecule has 1 amide bonds. The molecular weight excluding hydrogens is 316 g/mol. The zero-order chi connectivity index (χ0) is 17.6. The standard InChI is InChI=1S/C20H20N2O3/c1-11(23)21-12-5-8-18-17(9-12)14-3-2-4-15(14)20(22-18)16-7-6-13(24)10-19(16)25/h2-3,5-10,14-15,20,22,24-25H,4H2,1H3,(H,21,23). The lowest BCUT2D eigenvalue weighted by Crippen LogP contribution is -2.29. The van der Waals surface area contributed by atoms with Gasteiger partial charge in [0.1, 0.15) is 11.5 Å². The van der Waals surface area contributed by atoms with Crippen LogP contribution in [0.3, 0.4) is 0 Å². The topological polar surface area (TPSA) is 81.6 Å². The van der Waals surface area contributed by atoms with Gasteiger partial charge in [0.15, 0.2) is 0 Å². The van der Waals surface area contributed by atoms with E-state index in [2.05, 4.69) is 22.8 Å². The SMILES string of the molecule is CC(=O)Nc1ccc2c(c1)C1C=CCC1C(c1ccc(O)cc1O)N2. The number of allylic oxidation sites excluding steroid dienone is 2. The lowest BCUT2D eigenvalue weighted by Gasteiger charge is -2.38. The number of anilines is 2. The third-order valence-corrected chi connectivity index (χ3v) is 5.03. The summed E-state index contributed by atoms with van der Waals surface area (Å²) in [6.45, 7) is 1.50. The minimum Gasteiger partial charge on any atom is -0.508 e. The van der Waals surface area contributed by atoms with Gasteiger partial charge >= 0.3 is 0 Å². The number of amides is 1. The summed E-state index contributed by atoms with van der Waals surface area (Å²) >= 11 is 0. The number of rotatable bonds is 2. The van der Waals surface area contributed by atoms with Gasteiger partial charge in [0.05, 0.1) is 6.04 Å². The van der Waals surface area contributed by atoms with Gasteiger partial charge in [0.2, 0.25) is 5.91 Å². The number of nitrogens with one attached hydrogen (secondary N) is 2. The number of benzene rings is 2. The Morgan fingerprint density at radius 1 is 1.16 bits per heavy atom. The fraction of sp³-hybridized carbons (Fsp3) is 0.250. The highest BCUT2D eigenvalue weighted by Gasteiger charge is 2.38. The highest BCUT2D eigenvalue weighted by atomic mass is 16.3. The van der Waals surface area contributed by atoms with Gasteiger partial charge in [-0.15, -0.1) is 0 Å². The third-order valence-electron chi connectivity index (χ3n) is 5.03. The summed E-state index contributed by atoms with van der Waals surface area (Å²) in [5, 5.41) is 26.2. The maximum absolute atomic E-state index is 11.3. The van der Waals surface area contributed by atoms with Crippen molar-refractivity contribution in [1.29, 1.82) is 0 Å². The summed E-state index contributed by atoms with van der Waals surface area (Å²) in [6.07, 6.45) is 5.28. The highest BCUT2D eigenvalue weighted by molar-refractivity contribution is 5.89. The van der Waals surface area contributed by atoms with E-state index in [9.17, 15) is 15.0 Å². The molecule has 3 atom stereocenters. The van der Waals surface area contributed by atoms with Gasteiger partial charge in [-0.05, 0) is 48.2 Å². The summed E-state index contributed by atoms with van der Waals surface area (Å²) in [6, 6.07) is 10.6. The van der Waals surface area contributed by atoms with E-state index in [1.165, 1.54) is 13.0 Å². The number of hydrogen-bond donors (Lipinski definition) is 4. The van der Waals surface area contributed by atoms with Crippen molar-refractivity contribution in [2.75, 3.05) is 10.6 Å². The first kappa shape index (κ1) is 15.6. The minimum atomic E-state index is -0.0888. The number of carbonyl (C=O) groups excluding carboxylic acids is 1. The van der Waals surface area contributed by atoms with Gasteiger partial charge in [-0.25, -0.2) is 0 Å². The smallest absolute Gasteiger partial charge is 0.221 e. The van der Waals surface area contributed by atoms with Crippen molar-refractivity contribution in [3.8, 4) is 11.5 Å². The molecule has 128 valence electrons. The van der Waals surface area contributed by atoms with Gasteiger partial charge in [0.25, 0.3) is 0 Å². The number of aromatic hydroxyl groups is 2. The van der Waals surface area contributed by atoms with Crippen LogP contribution in [0.2, 0.25) is 0 Å². The van der Waals surface area contributed by atoms with E-state index >= 15 is 0 Å². The lowest BCUT2D eigenvalue weighted by atomic mass is 9.76. The molecular formula is C20H20N2O3. The van der Waals surface area contributed by atoms with Crippen LogP contribution in [-0.2, 0) is 4.79 Å². The molecule has 1 heterocycles. The van der Waals surface area contributed by atoms with Gasteiger partial charge in [-0.1, -0.05) is 12.2 Å². The van der Waals surface area contributed by atoms with E-state index in [1.54, 1.807) is 12.1 Å². The summed E-state index contributed by atoms with van der Waals surface area (Å²) in [7, 11) is 0. The second kappa shape index (κ2) is 5.84. The highest BCUT2D eigenvalue weighted by Crippen LogP contribution is 2.51. The Kier molecular flexibility index (Phi) is 3.64. The van der Waals surface area contributed by atoms with Crippen molar-refractivity contribution >= 4 is 17.3 Å². The second-order valence-corrected chi connectivity index (χ2v) is 6.70. The van der Waals surface area contributed by atoms with E-state index in [0.29, 0.717) is 0 Å². The Hall–Kier alpha value is -2.95. The van der Waals surface area contributed by atoms with E-state index in [0.717, 1.165) is 28.9 Å². The van der Waals surface area contributed by atoms with Crippen molar-refractivity contribution in [3.63, 3.8) is 0 Å². The molecule has 0 spiro atoms. The average Bonchev–Trinajstić information content (AvgIpc) is 3.04. The third kappa shape index (κ3) is 2.71. The summed E-state index contributed by atoms with van der Waals surface area (Å²) < 4.78 is 0. The maximum atomic E-state index is 11.3. The monoisotopic (exact) mass is 336 g/mol. The first-order valence-corrected chi connectivity index (χ1v) is 8.39. The number of hydrogen-bond acceptors (Lipinski definition) is 4. The molecule has 5 heteroatoms. The Balaban J connectivity index is 1.74. The molecule has 0 saturated carbocycles. The molecule has 0 aromatic heterocycles. The van der Waals surface area contributed by atoms with Crippen molar-refractivity contribution in [3.05, 3.63) is 59.7 Å². The van der Waals surface area contributed by atoms with E-state index < -0.39 is 0 Å². The van der Waals surface area contributed by atoms with Crippen molar-refractivity contribution in [2.24, 2.45) is 5.92 Å². The number of carbonyl (C=O) groups is 1. The fourth-order valence-corrected chi connectivity index (χ4v) is 3.98. The largest absolute Gasteiger partial charge is 0.508 e. The van der Waals surface area contributed by atoms with Gasteiger partial charge in [0, 0.05) is 35.8 Å². The Bertz CT molecular complexity index is 875. The molecule has 2 aromatic carbocycles. The molecule has 3 unspecified atom stereocenters. The number of phenols is 2.